The fraction of sp³-hybridized carbons (Fsp3) is 0.250. The second kappa shape index (κ2) is 4.13. The van der Waals surface area contributed by atoms with E-state index in [1.165, 1.54) is 10.4 Å². The third-order valence-corrected chi connectivity index (χ3v) is 3.48. The second-order valence-corrected chi connectivity index (χ2v) is 4.75. The Bertz CT molecular complexity index is 457. The monoisotopic (exact) mass is 218 g/mol. The van der Waals surface area contributed by atoms with Gasteiger partial charge in [-0.3, -0.25) is 0 Å². The van der Waals surface area contributed by atoms with E-state index in [0.717, 1.165) is 16.3 Å². The molecule has 0 saturated heterocycles. The number of rotatable bonds is 2. The largest absolute Gasteiger partial charge is 0.326 e. The summed E-state index contributed by atoms with van der Waals surface area (Å²) in [5.41, 5.74) is 9.07. The van der Waals surface area contributed by atoms with Gasteiger partial charge in [-0.25, -0.2) is 4.98 Å². The molecular weight excluding hydrogens is 204 g/mol. The van der Waals surface area contributed by atoms with Crippen molar-refractivity contribution in [3.63, 3.8) is 0 Å². The highest BCUT2D eigenvalue weighted by atomic mass is 32.1. The Labute approximate surface area is 93.8 Å². The normalized spacial score (nSPS) is 10.6. The summed E-state index contributed by atoms with van der Waals surface area (Å²) in [5.74, 6) is 0. The van der Waals surface area contributed by atoms with Crippen molar-refractivity contribution in [3.8, 4) is 10.4 Å². The molecule has 2 rings (SSSR count). The van der Waals surface area contributed by atoms with Gasteiger partial charge in [-0.15, -0.1) is 11.3 Å². The predicted molar refractivity (Wildman–Crippen MR) is 64.9 cm³/mol. The number of nitrogens with two attached hydrogens (primary N) is 1. The molecule has 0 unspecified atom stereocenters. The van der Waals surface area contributed by atoms with E-state index in [1.54, 1.807) is 11.3 Å². The highest BCUT2D eigenvalue weighted by Crippen LogP contribution is 2.29. The number of hydrogen-bond donors (Lipinski definition) is 1. The molecule has 0 aliphatic carbocycles. The van der Waals surface area contributed by atoms with Gasteiger partial charge in [0.05, 0.1) is 15.6 Å². The van der Waals surface area contributed by atoms with Gasteiger partial charge in [-0.1, -0.05) is 24.3 Å². The van der Waals surface area contributed by atoms with E-state index < -0.39 is 0 Å². The van der Waals surface area contributed by atoms with Crippen molar-refractivity contribution in [1.29, 1.82) is 0 Å². The molecule has 15 heavy (non-hydrogen) atoms. The number of aryl methyl sites for hydroxylation is 2. The Hall–Kier alpha value is -1.19. The van der Waals surface area contributed by atoms with Gasteiger partial charge in [0, 0.05) is 6.54 Å². The molecule has 2 aromatic rings. The lowest BCUT2D eigenvalue weighted by Crippen LogP contribution is -1.95. The van der Waals surface area contributed by atoms with Crippen molar-refractivity contribution in [2.24, 2.45) is 5.73 Å². The van der Waals surface area contributed by atoms with Crippen LogP contribution in [-0.4, -0.2) is 4.98 Å². The highest BCUT2D eigenvalue weighted by Gasteiger charge is 2.06. The van der Waals surface area contributed by atoms with Gasteiger partial charge in [-0.05, 0) is 25.0 Å². The summed E-state index contributed by atoms with van der Waals surface area (Å²) >= 11 is 1.74. The smallest absolute Gasteiger partial charge is 0.0903 e. The van der Waals surface area contributed by atoms with Gasteiger partial charge in [-0.2, -0.15) is 0 Å². The van der Waals surface area contributed by atoms with Gasteiger partial charge in [0.25, 0.3) is 0 Å². The highest BCUT2D eigenvalue weighted by molar-refractivity contribution is 7.15. The molecule has 0 radical (unpaired) electrons. The molecule has 3 heteroatoms. The van der Waals surface area contributed by atoms with Crippen LogP contribution in [0.1, 0.15) is 16.3 Å². The summed E-state index contributed by atoms with van der Waals surface area (Å²) in [7, 11) is 0. The second-order valence-electron chi connectivity index (χ2n) is 3.55. The molecule has 0 saturated carbocycles. The number of benzene rings is 1. The van der Waals surface area contributed by atoms with Crippen molar-refractivity contribution >= 4 is 11.3 Å². The summed E-state index contributed by atoms with van der Waals surface area (Å²) in [6, 6.07) is 8.37. The molecule has 1 aromatic carbocycles. The topological polar surface area (TPSA) is 38.9 Å². The predicted octanol–water partition coefficient (Wildman–Crippen LogP) is 2.89. The van der Waals surface area contributed by atoms with Gasteiger partial charge >= 0.3 is 0 Å². The Morgan fingerprint density at radius 1 is 1.20 bits per heavy atom. The zero-order valence-electron chi connectivity index (χ0n) is 8.95. The maximum atomic E-state index is 5.56. The van der Waals surface area contributed by atoms with E-state index in [9.17, 15) is 0 Å². The molecule has 0 aliphatic heterocycles. The van der Waals surface area contributed by atoms with Crippen molar-refractivity contribution in [2.45, 2.75) is 20.4 Å². The van der Waals surface area contributed by atoms with E-state index in [0.29, 0.717) is 6.54 Å². The van der Waals surface area contributed by atoms with Crippen LogP contribution in [0.25, 0.3) is 10.4 Å². The number of aromatic nitrogens is 1. The van der Waals surface area contributed by atoms with Crippen molar-refractivity contribution in [1.82, 2.24) is 4.98 Å². The van der Waals surface area contributed by atoms with E-state index in [2.05, 4.69) is 36.2 Å². The van der Waals surface area contributed by atoms with Crippen LogP contribution < -0.4 is 5.73 Å². The first-order valence-corrected chi connectivity index (χ1v) is 5.76. The third-order valence-electron chi connectivity index (χ3n) is 2.36. The van der Waals surface area contributed by atoms with Crippen LogP contribution in [0, 0.1) is 13.8 Å². The van der Waals surface area contributed by atoms with Crippen molar-refractivity contribution in [3.05, 3.63) is 40.5 Å². The summed E-state index contributed by atoms with van der Waals surface area (Å²) in [5, 5.41) is 1.12. The van der Waals surface area contributed by atoms with Gasteiger partial charge < -0.3 is 5.73 Å². The lowest BCUT2D eigenvalue weighted by Gasteiger charge is -2.00. The van der Waals surface area contributed by atoms with Crippen LogP contribution in [-0.2, 0) is 6.54 Å². The van der Waals surface area contributed by atoms with Gasteiger partial charge in [0.15, 0.2) is 0 Å². The minimum absolute atomic E-state index is 0.598. The van der Waals surface area contributed by atoms with E-state index in [1.807, 2.05) is 6.92 Å². The molecule has 2 nitrogen and oxygen atoms in total. The minimum atomic E-state index is 0.598. The summed E-state index contributed by atoms with van der Waals surface area (Å²) < 4.78 is 0. The number of nitrogens with zero attached hydrogens (tertiary/aromatic N) is 1. The fourth-order valence-corrected chi connectivity index (χ4v) is 2.52. The average Bonchev–Trinajstić information content (AvgIpc) is 2.58. The molecule has 0 atom stereocenters. The van der Waals surface area contributed by atoms with Crippen molar-refractivity contribution in [2.75, 3.05) is 0 Å². The van der Waals surface area contributed by atoms with Crippen molar-refractivity contribution < 1.29 is 0 Å². The molecule has 0 bridgehead atoms. The molecule has 0 fully saturated rings. The van der Waals surface area contributed by atoms with Crippen LogP contribution in [0.2, 0.25) is 0 Å². The first-order chi connectivity index (χ1) is 7.20. The molecule has 1 heterocycles. The zero-order valence-corrected chi connectivity index (χ0v) is 9.77. The van der Waals surface area contributed by atoms with E-state index in [-0.39, 0.29) is 0 Å². The maximum Gasteiger partial charge on any atom is 0.0903 e. The van der Waals surface area contributed by atoms with Crippen LogP contribution >= 0.6 is 11.3 Å². The number of thiazole rings is 1. The van der Waals surface area contributed by atoms with E-state index >= 15 is 0 Å². The summed E-state index contributed by atoms with van der Waals surface area (Å²) in [6.45, 7) is 4.69. The quantitative estimate of drug-likeness (QED) is 0.841. The minimum Gasteiger partial charge on any atom is -0.326 e. The van der Waals surface area contributed by atoms with E-state index in [4.69, 9.17) is 5.73 Å². The van der Waals surface area contributed by atoms with Crippen LogP contribution in [0.5, 0.6) is 0 Å². The molecule has 78 valence electrons. The first kappa shape index (κ1) is 10.3. The molecule has 2 N–H and O–H groups in total. The molecule has 0 amide bonds. The Kier molecular flexibility index (Phi) is 2.84. The number of hydrogen-bond acceptors (Lipinski definition) is 3. The standard InChI is InChI=1S/C12H14N2S/c1-8-12(15-9(2)14-8)11-5-3-10(7-13)4-6-11/h3-6H,7,13H2,1-2H3. The first-order valence-electron chi connectivity index (χ1n) is 4.94. The fourth-order valence-electron chi connectivity index (χ4n) is 1.59. The average molecular weight is 218 g/mol. The molecule has 0 aliphatic rings. The third kappa shape index (κ3) is 2.08. The lowest BCUT2D eigenvalue weighted by atomic mass is 10.1. The van der Waals surface area contributed by atoms with Crippen LogP contribution in [0.3, 0.4) is 0 Å². The Balaban J connectivity index is 2.41. The summed E-state index contributed by atoms with van der Waals surface area (Å²) in [4.78, 5) is 5.68. The Morgan fingerprint density at radius 2 is 1.87 bits per heavy atom. The van der Waals surface area contributed by atoms with Crippen LogP contribution in [0.15, 0.2) is 24.3 Å². The maximum absolute atomic E-state index is 5.56. The molecule has 1 aromatic heterocycles. The molecule has 0 spiro atoms. The lowest BCUT2D eigenvalue weighted by molar-refractivity contribution is 1.07. The van der Waals surface area contributed by atoms with Gasteiger partial charge in [0.1, 0.15) is 0 Å². The summed E-state index contributed by atoms with van der Waals surface area (Å²) in [6.07, 6.45) is 0. The zero-order chi connectivity index (χ0) is 10.8. The Morgan fingerprint density at radius 3 is 2.33 bits per heavy atom. The SMILES string of the molecule is Cc1nc(C)c(-c2ccc(CN)cc2)s1. The van der Waals surface area contributed by atoms with Gasteiger partial charge in [0.2, 0.25) is 0 Å². The van der Waals surface area contributed by atoms with Crippen LogP contribution in [0.4, 0.5) is 0 Å². The molecular formula is C12H14N2S.